The van der Waals surface area contributed by atoms with Gasteiger partial charge in [-0.15, -0.1) is 0 Å². The molecule has 2 aromatic heterocycles. The zero-order valence-corrected chi connectivity index (χ0v) is 19.1. The molecule has 0 aliphatic carbocycles. The molecule has 0 saturated heterocycles. The van der Waals surface area contributed by atoms with Crippen LogP contribution in [0.3, 0.4) is 0 Å². The number of aromatic nitrogens is 3. The molecule has 3 aromatic rings. The SMILES string of the molecule is C=C(Cc1ccc(-c2cnc(C)c(/C(C)=C\C)n2)cc1)Nc1cnc(C)c(C(C)(F)F)c1. The maximum Gasteiger partial charge on any atom is 0.272 e. The molecule has 0 saturated carbocycles. The van der Waals surface area contributed by atoms with Crippen molar-refractivity contribution in [3.8, 4) is 11.3 Å². The first-order valence-electron chi connectivity index (χ1n) is 10.4. The Balaban J connectivity index is 1.72. The van der Waals surface area contributed by atoms with Crippen LogP contribution in [0.5, 0.6) is 0 Å². The highest BCUT2D eigenvalue weighted by atomic mass is 19.3. The van der Waals surface area contributed by atoms with Gasteiger partial charge < -0.3 is 5.32 Å². The number of nitrogens with one attached hydrogen (secondary N) is 1. The fourth-order valence-corrected chi connectivity index (χ4v) is 3.43. The summed E-state index contributed by atoms with van der Waals surface area (Å²) >= 11 is 0. The molecule has 2 heterocycles. The molecular formula is C26H28F2N4. The number of benzene rings is 1. The Morgan fingerprint density at radius 2 is 1.75 bits per heavy atom. The predicted molar refractivity (Wildman–Crippen MR) is 127 cm³/mol. The van der Waals surface area contributed by atoms with Crippen LogP contribution in [0.4, 0.5) is 14.5 Å². The summed E-state index contributed by atoms with van der Waals surface area (Å²) in [5, 5.41) is 3.09. The summed E-state index contributed by atoms with van der Waals surface area (Å²) in [7, 11) is 0. The Labute approximate surface area is 188 Å². The van der Waals surface area contributed by atoms with E-state index >= 15 is 0 Å². The van der Waals surface area contributed by atoms with Crippen molar-refractivity contribution in [2.45, 2.75) is 47.0 Å². The molecule has 0 spiro atoms. The van der Waals surface area contributed by atoms with Crippen molar-refractivity contribution < 1.29 is 8.78 Å². The van der Waals surface area contributed by atoms with Crippen molar-refractivity contribution in [1.82, 2.24) is 15.0 Å². The van der Waals surface area contributed by atoms with Crippen LogP contribution < -0.4 is 5.32 Å². The summed E-state index contributed by atoms with van der Waals surface area (Å²) in [5.41, 5.74) is 7.13. The van der Waals surface area contributed by atoms with E-state index in [1.807, 2.05) is 51.1 Å². The van der Waals surface area contributed by atoms with Crippen LogP contribution in [-0.2, 0) is 12.3 Å². The largest absolute Gasteiger partial charge is 0.358 e. The monoisotopic (exact) mass is 434 g/mol. The van der Waals surface area contributed by atoms with E-state index in [1.165, 1.54) is 6.07 Å². The van der Waals surface area contributed by atoms with E-state index in [-0.39, 0.29) is 5.56 Å². The van der Waals surface area contributed by atoms with Gasteiger partial charge in [-0.05, 0) is 44.9 Å². The summed E-state index contributed by atoms with van der Waals surface area (Å²) in [6.07, 6.45) is 5.90. The molecule has 0 aliphatic heterocycles. The molecule has 6 heteroatoms. The Morgan fingerprint density at radius 3 is 2.38 bits per heavy atom. The van der Waals surface area contributed by atoms with Gasteiger partial charge in [-0.25, -0.2) is 13.8 Å². The third-order valence-electron chi connectivity index (χ3n) is 5.31. The molecule has 3 rings (SSSR count). The first-order chi connectivity index (χ1) is 15.1. The first kappa shape index (κ1) is 23.3. The number of aryl methyl sites for hydroxylation is 2. The molecule has 0 bridgehead atoms. The molecule has 0 radical (unpaired) electrons. The molecular weight excluding hydrogens is 406 g/mol. The molecule has 32 heavy (non-hydrogen) atoms. The van der Waals surface area contributed by atoms with Gasteiger partial charge in [-0.1, -0.05) is 36.9 Å². The molecule has 4 nitrogen and oxygen atoms in total. The van der Waals surface area contributed by atoms with Crippen LogP contribution in [0.25, 0.3) is 16.8 Å². The van der Waals surface area contributed by atoms with E-state index in [0.717, 1.165) is 40.7 Å². The van der Waals surface area contributed by atoms with Crippen LogP contribution in [-0.4, -0.2) is 15.0 Å². The standard InChI is InChI=1S/C26H28F2N4/c1-7-16(2)25-19(5)30-15-24(32-25)21-10-8-20(9-11-21)12-17(3)31-22-13-23(26(6,27)28)18(4)29-14-22/h7-11,13-15,31H,3,12H2,1-2,4-6H3/b16-7-. The van der Waals surface area contributed by atoms with E-state index in [2.05, 4.69) is 21.9 Å². The van der Waals surface area contributed by atoms with E-state index in [4.69, 9.17) is 4.98 Å². The highest BCUT2D eigenvalue weighted by Gasteiger charge is 2.27. The van der Waals surface area contributed by atoms with Crippen molar-refractivity contribution in [2.24, 2.45) is 0 Å². The molecule has 0 aliphatic rings. The van der Waals surface area contributed by atoms with Crippen molar-refractivity contribution >= 4 is 11.3 Å². The van der Waals surface area contributed by atoms with E-state index in [9.17, 15) is 8.78 Å². The van der Waals surface area contributed by atoms with Gasteiger partial charge in [0, 0.05) is 35.9 Å². The van der Waals surface area contributed by atoms with Gasteiger partial charge in [0.25, 0.3) is 5.92 Å². The number of halogens is 2. The number of rotatable bonds is 7. The Kier molecular flexibility index (Phi) is 6.82. The van der Waals surface area contributed by atoms with Gasteiger partial charge in [0.05, 0.1) is 35.2 Å². The average Bonchev–Trinajstić information content (AvgIpc) is 2.74. The molecule has 1 N–H and O–H groups in total. The maximum absolute atomic E-state index is 13.8. The molecule has 0 atom stereocenters. The Hall–Kier alpha value is -3.41. The summed E-state index contributed by atoms with van der Waals surface area (Å²) < 4.78 is 27.5. The second kappa shape index (κ2) is 9.39. The van der Waals surface area contributed by atoms with Crippen molar-refractivity contribution in [3.05, 3.63) is 89.3 Å². The van der Waals surface area contributed by atoms with Gasteiger partial charge in [0.1, 0.15) is 0 Å². The van der Waals surface area contributed by atoms with Gasteiger partial charge in [0.15, 0.2) is 0 Å². The molecule has 166 valence electrons. The summed E-state index contributed by atoms with van der Waals surface area (Å²) in [6.45, 7) is 12.5. The number of hydrogen-bond acceptors (Lipinski definition) is 4. The van der Waals surface area contributed by atoms with Crippen LogP contribution >= 0.6 is 0 Å². The molecule has 0 fully saturated rings. The van der Waals surface area contributed by atoms with Crippen LogP contribution in [0.1, 0.15) is 49.0 Å². The second-order valence-electron chi connectivity index (χ2n) is 8.01. The van der Waals surface area contributed by atoms with Crippen molar-refractivity contribution in [1.29, 1.82) is 0 Å². The minimum Gasteiger partial charge on any atom is -0.358 e. The minimum absolute atomic E-state index is 0.0913. The number of anilines is 1. The van der Waals surface area contributed by atoms with Gasteiger partial charge in [-0.3, -0.25) is 9.97 Å². The smallest absolute Gasteiger partial charge is 0.272 e. The van der Waals surface area contributed by atoms with Crippen molar-refractivity contribution in [3.63, 3.8) is 0 Å². The van der Waals surface area contributed by atoms with Crippen LogP contribution in [0.2, 0.25) is 0 Å². The molecule has 0 amide bonds. The lowest BCUT2D eigenvalue weighted by Gasteiger charge is -2.16. The molecule has 1 aromatic carbocycles. The topological polar surface area (TPSA) is 50.7 Å². The van der Waals surface area contributed by atoms with Crippen LogP contribution in [0, 0.1) is 13.8 Å². The first-order valence-corrected chi connectivity index (χ1v) is 10.4. The van der Waals surface area contributed by atoms with Gasteiger partial charge in [-0.2, -0.15) is 0 Å². The quantitative estimate of drug-likeness (QED) is 0.441. The lowest BCUT2D eigenvalue weighted by Crippen LogP contribution is -2.12. The lowest BCUT2D eigenvalue weighted by molar-refractivity contribution is 0.0165. The number of hydrogen-bond donors (Lipinski definition) is 1. The second-order valence-corrected chi connectivity index (χ2v) is 8.01. The Bertz CT molecular complexity index is 1160. The summed E-state index contributed by atoms with van der Waals surface area (Å²) in [6, 6.07) is 9.44. The third-order valence-corrected chi connectivity index (χ3v) is 5.31. The highest BCUT2D eigenvalue weighted by molar-refractivity contribution is 5.66. The normalized spacial score (nSPS) is 12.0. The average molecular weight is 435 g/mol. The van der Waals surface area contributed by atoms with E-state index in [0.29, 0.717) is 23.5 Å². The van der Waals surface area contributed by atoms with E-state index in [1.54, 1.807) is 19.3 Å². The number of pyridine rings is 1. The van der Waals surface area contributed by atoms with Gasteiger partial charge in [0.2, 0.25) is 0 Å². The summed E-state index contributed by atoms with van der Waals surface area (Å²) in [4.78, 5) is 13.3. The predicted octanol–water partition coefficient (Wildman–Crippen LogP) is 6.86. The number of nitrogens with zero attached hydrogens (tertiary/aromatic N) is 3. The third kappa shape index (κ3) is 5.44. The summed E-state index contributed by atoms with van der Waals surface area (Å²) in [5.74, 6) is -2.95. The molecule has 0 unspecified atom stereocenters. The Morgan fingerprint density at radius 1 is 1.09 bits per heavy atom. The van der Waals surface area contributed by atoms with E-state index < -0.39 is 5.92 Å². The lowest BCUT2D eigenvalue weighted by atomic mass is 10.0. The zero-order chi connectivity index (χ0) is 23.5. The number of alkyl halides is 2. The van der Waals surface area contributed by atoms with Gasteiger partial charge >= 0.3 is 0 Å². The highest BCUT2D eigenvalue weighted by Crippen LogP contribution is 2.31. The maximum atomic E-state index is 13.8. The minimum atomic E-state index is -2.95. The fraction of sp³-hybridized carbons (Fsp3) is 0.269. The fourth-order valence-electron chi connectivity index (χ4n) is 3.43. The number of allylic oxidation sites excluding steroid dienone is 3. The zero-order valence-electron chi connectivity index (χ0n) is 19.1. The van der Waals surface area contributed by atoms with Crippen molar-refractivity contribution in [2.75, 3.05) is 5.32 Å². The van der Waals surface area contributed by atoms with Crippen LogP contribution in [0.15, 0.2) is 61.1 Å².